The molecular formula is C15H23FN2O. The molecule has 1 rings (SSSR count). The lowest BCUT2D eigenvalue weighted by Gasteiger charge is -2.18. The van der Waals surface area contributed by atoms with Gasteiger partial charge in [-0.25, -0.2) is 4.39 Å². The summed E-state index contributed by atoms with van der Waals surface area (Å²) in [5.74, 6) is -0.672. The summed E-state index contributed by atoms with van der Waals surface area (Å²) in [6, 6.07) is 4.26. The molecule has 0 aliphatic carbocycles. The van der Waals surface area contributed by atoms with E-state index in [1.54, 1.807) is 0 Å². The molecule has 0 fully saturated rings. The summed E-state index contributed by atoms with van der Waals surface area (Å²) in [5.41, 5.74) is 5.89. The summed E-state index contributed by atoms with van der Waals surface area (Å²) < 4.78 is 13.1. The van der Waals surface area contributed by atoms with Crippen LogP contribution in [0.5, 0.6) is 0 Å². The second-order valence-electron chi connectivity index (χ2n) is 4.84. The van der Waals surface area contributed by atoms with Gasteiger partial charge in [-0.2, -0.15) is 0 Å². The van der Waals surface area contributed by atoms with E-state index >= 15 is 0 Å². The summed E-state index contributed by atoms with van der Waals surface area (Å²) >= 11 is 0. The lowest BCUT2D eigenvalue weighted by atomic mass is 10.0. The topological polar surface area (TPSA) is 55.1 Å². The quantitative estimate of drug-likeness (QED) is 0.742. The Hall–Kier alpha value is -1.58. The predicted molar refractivity (Wildman–Crippen MR) is 76.5 cm³/mol. The van der Waals surface area contributed by atoms with Crippen LogP contribution in [0.2, 0.25) is 0 Å². The van der Waals surface area contributed by atoms with Gasteiger partial charge < -0.3 is 11.1 Å². The molecule has 0 aromatic heterocycles. The van der Waals surface area contributed by atoms with E-state index in [2.05, 4.69) is 19.2 Å². The largest absolute Gasteiger partial charge is 0.396 e. The first kappa shape index (κ1) is 15.5. The molecule has 0 heterocycles. The molecule has 0 spiro atoms. The van der Waals surface area contributed by atoms with Gasteiger partial charge in [-0.1, -0.05) is 33.1 Å². The zero-order valence-electron chi connectivity index (χ0n) is 11.7. The normalized spacial score (nSPS) is 12.2. The van der Waals surface area contributed by atoms with Crippen LogP contribution in [-0.2, 0) is 0 Å². The van der Waals surface area contributed by atoms with Gasteiger partial charge in [0.2, 0.25) is 0 Å². The van der Waals surface area contributed by atoms with Gasteiger partial charge in [0.15, 0.2) is 0 Å². The fraction of sp³-hybridized carbons (Fsp3) is 0.533. The second-order valence-corrected chi connectivity index (χ2v) is 4.84. The molecule has 0 aliphatic heterocycles. The molecule has 0 saturated heterocycles. The smallest absolute Gasteiger partial charge is 0.251 e. The maximum absolute atomic E-state index is 13.1. The average Bonchev–Trinajstić information content (AvgIpc) is 2.39. The summed E-state index contributed by atoms with van der Waals surface area (Å²) in [7, 11) is 0. The summed E-state index contributed by atoms with van der Waals surface area (Å²) in [6.07, 6.45) is 5.17. The zero-order chi connectivity index (χ0) is 14.3. The van der Waals surface area contributed by atoms with Crippen LogP contribution in [0.4, 0.5) is 10.1 Å². The Labute approximate surface area is 114 Å². The lowest BCUT2D eigenvalue weighted by Crippen LogP contribution is -2.34. The van der Waals surface area contributed by atoms with Gasteiger partial charge in [-0.05, 0) is 31.0 Å². The third-order valence-corrected chi connectivity index (χ3v) is 3.14. The van der Waals surface area contributed by atoms with Gasteiger partial charge in [-0.3, -0.25) is 4.79 Å². The van der Waals surface area contributed by atoms with Crippen molar-refractivity contribution in [2.75, 3.05) is 5.73 Å². The van der Waals surface area contributed by atoms with Gasteiger partial charge in [-0.15, -0.1) is 0 Å². The van der Waals surface area contributed by atoms with Crippen molar-refractivity contribution in [3.8, 4) is 0 Å². The summed E-state index contributed by atoms with van der Waals surface area (Å²) in [4.78, 5) is 12.1. The van der Waals surface area contributed by atoms with E-state index in [9.17, 15) is 9.18 Å². The molecule has 1 aromatic rings. The third kappa shape index (κ3) is 4.89. The number of carbonyl (C=O) groups excluding carboxylic acids is 1. The van der Waals surface area contributed by atoms with Crippen LogP contribution in [0.1, 0.15) is 56.3 Å². The lowest BCUT2D eigenvalue weighted by molar-refractivity contribution is 0.0932. The molecule has 1 amide bonds. The van der Waals surface area contributed by atoms with Crippen molar-refractivity contribution >= 4 is 11.6 Å². The van der Waals surface area contributed by atoms with Crippen LogP contribution in [0.25, 0.3) is 0 Å². The number of benzene rings is 1. The molecular weight excluding hydrogens is 243 g/mol. The number of nitrogen functional groups attached to an aromatic ring is 1. The molecule has 1 aromatic carbocycles. The van der Waals surface area contributed by atoms with Crippen LogP contribution in [-0.4, -0.2) is 11.9 Å². The van der Waals surface area contributed by atoms with Crippen molar-refractivity contribution in [1.29, 1.82) is 0 Å². The van der Waals surface area contributed by atoms with Crippen molar-refractivity contribution in [3.63, 3.8) is 0 Å². The van der Waals surface area contributed by atoms with Crippen molar-refractivity contribution in [2.45, 2.75) is 52.0 Å². The number of nitrogens with one attached hydrogen (secondary N) is 1. The predicted octanol–water partition coefficient (Wildman–Crippen LogP) is 3.50. The molecule has 19 heavy (non-hydrogen) atoms. The fourth-order valence-electron chi connectivity index (χ4n) is 2.04. The van der Waals surface area contributed by atoms with Gasteiger partial charge in [0, 0.05) is 11.6 Å². The molecule has 0 radical (unpaired) electrons. The van der Waals surface area contributed by atoms with E-state index in [4.69, 9.17) is 5.73 Å². The van der Waals surface area contributed by atoms with E-state index in [0.717, 1.165) is 32.1 Å². The minimum atomic E-state index is -0.493. The molecule has 106 valence electrons. The van der Waals surface area contributed by atoms with E-state index in [-0.39, 0.29) is 17.6 Å². The average molecular weight is 266 g/mol. The highest BCUT2D eigenvalue weighted by Gasteiger charge is 2.13. The Kier molecular flexibility index (Phi) is 6.33. The Bertz CT molecular complexity index is 421. The van der Waals surface area contributed by atoms with E-state index in [1.807, 2.05) is 0 Å². The highest BCUT2D eigenvalue weighted by molar-refractivity contribution is 5.95. The monoisotopic (exact) mass is 266 g/mol. The Morgan fingerprint density at radius 3 is 2.63 bits per heavy atom. The standard InChI is InChI=1S/C15H23FN2O/c1-3-5-7-12(6-4-2)18-15(19)11-8-9-13(16)14(17)10-11/h8-10,12H,3-7,17H2,1-2H3,(H,18,19). The number of hydrogen-bond acceptors (Lipinski definition) is 2. The van der Waals surface area contributed by atoms with Gasteiger partial charge >= 0.3 is 0 Å². The van der Waals surface area contributed by atoms with Crippen LogP contribution in [0.15, 0.2) is 18.2 Å². The van der Waals surface area contributed by atoms with Crippen molar-refractivity contribution in [3.05, 3.63) is 29.6 Å². The van der Waals surface area contributed by atoms with Crippen molar-refractivity contribution in [1.82, 2.24) is 5.32 Å². The number of amides is 1. The van der Waals surface area contributed by atoms with Crippen molar-refractivity contribution < 1.29 is 9.18 Å². The highest BCUT2D eigenvalue weighted by Crippen LogP contribution is 2.13. The molecule has 3 N–H and O–H groups in total. The van der Waals surface area contributed by atoms with Crippen molar-refractivity contribution in [2.24, 2.45) is 0 Å². The first-order valence-corrected chi connectivity index (χ1v) is 6.94. The zero-order valence-corrected chi connectivity index (χ0v) is 11.7. The van der Waals surface area contributed by atoms with Gasteiger partial charge in [0.05, 0.1) is 5.69 Å². The second kappa shape index (κ2) is 7.77. The Balaban J connectivity index is 2.66. The van der Waals surface area contributed by atoms with Gasteiger partial charge in [0.25, 0.3) is 5.91 Å². The summed E-state index contributed by atoms with van der Waals surface area (Å²) in [6.45, 7) is 4.23. The number of halogens is 1. The molecule has 0 saturated carbocycles. The van der Waals surface area contributed by atoms with Crippen LogP contribution in [0, 0.1) is 5.82 Å². The third-order valence-electron chi connectivity index (χ3n) is 3.14. The summed E-state index contributed by atoms with van der Waals surface area (Å²) in [5, 5.41) is 3.00. The molecule has 0 aliphatic rings. The van der Waals surface area contributed by atoms with Crippen LogP contribution in [0.3, 0.4) is 0 Å². The number of unbranched alkanes of at least 4 members (excludes halogenated alkanes) is 1. The molecule has 1 unspecified atom stereocenters. The van der Waals surface area contributed by atoms with Crippen LogP contribution < -0.4 is 11.1 Å². The SMILES string of the molecule is CCCCC(CCC)NC(=O)c1ccc(F)c(N)c1. The number of anilines is 1. The van der Waals surface area contributed by atoms with Gasteiger partial charge in [0.1, 0.15) is 5.82 Å². The van der Waals surface area contributed by atoms with E-state index in [0.29, 0.717) is 5.56 Å². The molecule has 1 atom stereocenters. The number of carbonyl (C=O) groups is 1. The molecule has 0 bridgehead atoms. The number of nitrogens with two attached hydrogens (primary N) is 1. The minimum absolute atomic E-state index is 0.00764. The number of hydrogen-bond donors (Lipinski definition) is 2. The molecule has 4 heteroatoms. The number of rotatable bonds is 7. The maximum atomic E-state index is 13.1. The fourth-order valence-corrected chi connectivity index (χ4v) is 2.04. The minimum Gasteiger partial charge on any atom is -0.396 e. The van der Waals surface area contributed by atoms with E-state index in [1.165, 1.54) is 18.2 Å². The highest BCUT2D eigenvalue weighted by atomic mass is 19.1. The molecule has 3 nitrogen and oxygen atoms in total. The maximum Gasteiger partial charge on any atom is 0.251 e. The first-order chi connectivity index (χ1) is 9.08. The van der Waals surface area contributed by atoms with E-state index < -0.39 is 5.82 Å². The Morgan fingerprint density at radius 1 is 1.32 bits per heavy atom. The van der Waals surface area contributed by atoms with Crippen LogP contribution >= 0.6 is 0 Å². The first-order valence-electron chi connectivity index (χ1n) is 6.94. The Morgan fingerprint density at radius 2 is 2.05 bits per heavy atom.